The first-order chi connectivity index (χ1) is 9.95. The van der Waals surface area contributed by atoms with Crippen molar-refractivity contribution in [3.63, 3.8) is 0 Å². The summed E-state index contributed by atoms with van der Waals surface area (Å²) < 4.78 is 26.8. The lowest BCUT2D eigenvalue weighted by Gasteiger charge is -2.09. The van der Waals surface area contributed by atoms with E-state index >= 15 is 0 Å². The van der Waals surface area contributed by atoms with Gasteiger partial charge in [-0.1, -0.05) is 34.6 Å². The molecule has 0 heterocycles. The number of ketones is 1. The summed E-state index contributed by atoms with van der Waals surface area (Å²) in [6, 6.07) is 10.4. The zero-order chi connectivity index (χ0) is 15.4. The Bertz CT molecular complexity index is 683. The van der Waals surface area contributed by atoms with Crippen molar-refractivity contribution in [3.8, 4) is 0 Å². The van der Waals surface area contributed by atoms with Gasteiger partial charge in [-0.15, -0.1) is 0 Å². The van der Waals surface area contributed by atoms with Crippen LogP contribution in [0.25, 0.3) is 0 Å². The maximum Gasteiger partial charge on any atom is 0.168 e. The first-order valence-electron chi connectivity index (χ1n) is 6.14. The van der Waals surface area contributed by atoms with Crippen LogP contribution in [-0.4, -0.2) is 5.78 Å². The topological polar surface area (TPSA) is 29.1 Å². The fourth-order valence-corrected chi connectivity index (χ4v) is 2.02. The Morgan fingerprint density at radius 1 is 1.10 bits per heavy atom. The summed E-state index contributed by atoms with van der Waals surface area (Å²) in [5.74, 6) is -1.98. The molecule has 0 fully saturated rings. The predicted octanol–water partition coefficient (Wildman–Crippen LogP) is 4.93. The molecule has 2 aromatic rings. The molecule has 0 aliphatic heterocycles. The minimum absolute atomic E-state index is 0.0701. The summed E-state index contributed by atoms with van der Waals surface area (Å²) in [7, 11) is 0. The molecule has 21 heavy (non-hydrogen) atoms. The van der Waals surface area contributed by atoms with Crippen molar-refractivity contribution in [2.75, 3.05) is 5.32 Å². The number of hydrogen-bond acceptors (Lipinski definition) is 2. The summed E-state index contributed by atoms with van der Waals surface area (Å²) in [4.78, 5) is 12.0. The number of hydrogen-bond donors (Lipinski definition) is 1. The molecule has 0 saturated carbocycles. The smallest absolute Gasteiger partial charge is 0.168 e. The Labute approximate surface area is 129 Å². The van der Waals surface area contributed by atoms with Crippen LogP contribution in [0.3, 0.4) is 0 Å². The summed E-state index contributed by atoms with van der Waals surface area (Å²) in [6.07, 6.45) is 0.0701. The lowest BCUT2D eigenvalue weighted by molar-refractivity contribution is 0.0993. The SMILES string of the molecule is C=C(CC(=O)c1ccc(Br)cc1)Nc1ccc(F)c(F)c1. The van der Waals surface area contributed by atoms with Gasteiger partial charge in [0.15, 0.2) is 17.4 Å². The number of nitrogens with one attached hydrogen (secondary N) is 1. The Morgan fingerprint density at radius 3 is 2.38 bits per heavy atom. The molecule has 108 valence electrons. The quantitative estimate of drug-likeness (QED) is 0.774. The fraction of sp³-hybridized carbons (Fsp3) is 0.0625. The van der Waals surface area contributed by atoms with Gasteiger partial charge in [0.25, 0.3) is 0 Å². The van der Waals surface area contributed by atoms with Crippen LogP contribution in [0, 0.1) is 11.6 Å². The van der Waals surface area contributed by atoms with E-state index in [0.717, 1.165) is 16.6 Å². The van der Waals surface area contributed by atoms with E-state index in [0.29, 0.717) is 16.9 Å². The zero-order valence-corrected chi connectivity index (χ0v) is 12.6. The molecule has 1 N–H and O–H groups in total. The van der Waals surface area contributed by atoms with Gasteiger partial charge in [-0.05, 0) is 24.3 Å². The van der Waals surface area contributed by atoms with Crippen molar-refractivity contribution in [2.45, 2.75) is 6.42 Å². The minimum Gasteiger partial charge on any atom is -0.359 e. The average Bonchev–Trinajstić information content (AvgIpc) is 2.43. The van der Waals surface area contributed by atoms with E-state index in [1.165, 1.54) is 6.07 Å². The summed E-state index contributed by atoms with van der Waals surface area (Å²) in [5.41, 5.74) is 1.32. The van der Waals surface area contributed by atoms with Crippen molar-refractivity contribution in [2.24, 2.45) is 0 Å². The van der Waals surface area contributed by atoms with E-state index in [-0.39, 0.29) is 12.2 Å². The number of halogens is 3. The molecule has 0 bridgehead atoms. The van der Waals surface area contributed by atoms with E-state index in [1.54, 1.807) is 24.3 Å². The number of rotatable bonds is 5. The largest absolute Gasteiger partial charge is 0.359 e. The van der Waals surface area contributed by atoms with Gasteiger partial charge < -0.3 is 5.32 Å². The lowest BCUT2D eigenvalue weighted by atomic mass is 10.1. The molecule has 0 aliphatic carbocycles. The third-order valence-corrected chi connectivity index (χ3v) is 3.31. The molecule has 0 aromatic heterocycles. The summed E-state index contributed by atoms with van der Waals surface area (Å²) in [6.45, 7) is 3.73. The van der Waals surface area contributed by atoms with Crippen LogP contribution >= 0.6 is 15.9 Å². The first-order valence-corrected chi connectivity index (χ1v) is 6.93. The summed E-state index contributed by atoms with van der Waals surface area (Å²) in [5, 5.41) is 2.79. The normalized spacial score (nSPS) is 10.2. The van der Waals surface area contributed by atoms with E-state index in [2.05, 4.69) is 27.8 Å². The van der Waals surface area contributed by atoms with Crippen molar-refractivity contribution in [3.05, 3.63) is 76.4 Å². The van der Waals surface area contributed by atoms with E-state index in [9.17, 15) is 13.6 Å². The Balaban J connectivity index is 1.99. The molecule has 2 nitrogen and oxygen atoms in total. The Morgan fingerprint density at radius 2 is 1.76 bits per heavy atom. The highest BCUT2D eigenvalue weighted by Gasteiger charge is 2.09. The molecule has 0 spiro atoms. The second kappa shape index (κ2) is 6.63. The molecular weight excluding hydrogens is 340 g/mol. The highest BCUT2D eigenvalue weighted by atomic mass is 79.9. The van der Waals surface area contributed by atoms with E-state index in [4.69, 9.17) is 0 Å². The van der Waals surface area contributed by atoms with Gasteiger partial charge in [-0.2, -0.15) is 0 Å². The zero-order valence-electron chi connectivity index (χ0n) is 11.0. The number of carbonyl (C=O) groups excluding carboxylic acids is 1. The Hall–Kier alpha value is -2.01. The molecule has 5 heteroatoms. The predicted molar refractivity (Wildman–Crippen MR) is 82.2 cm³/mol. The maximum absolute atomic E-state index is 13.1. The molecule has 0 atom stereocenters. The van der Waals surface area contributed by atoms with Gasteiger partial charge in [0, 0.05) is 27.5 Å². The second-order valence-corrected chi connectivity index (χ2v) is 5.38. The monoisotopic (exact) mass is 351 g/mol. The van der Waals surface area contributed by atoms with Crippen LogP contribution in [0.4, 0.5) is 14.5 Å². The molecule has 2 rings (SSSR count). The van der Waals surface area contributed by atoms with Gasteiger partial charge in [0.05, 0.1) is 6.42 Å². The van der Waals surface area contributed by atoms with Crippen LogP contribution in [0.15, 0.2) is 59.2 Å². The van der Waals surface area contributed by atoms with Crippen LogP contribution in [-0.2, 0) is 0 Å². The van der Waals surface area contributed by atoms with E-state index in [1.807, 2.05) is 0 Å². The molecule has 0 saturated heterocycles. The van der Waals surface area contributed by atoms with Crippen LogP contribution in [0.1, 0.15) is 16.8 Å². The molecular formula is C16H12BrF2NO. The second-order valence-electron chi connectivity index (χ2n) is 4.46. The van der Waals surface area contributed by atoms with Crippen LogP contribution < -0.4 is 5.32 Å². The summed E-state index contributed by atoms with van der Waals surface area (Å²) >= 11 is 3.29. The van der Waals surface area contributed by atoms with Crippen LogP contribution in [0.5, 0.6) is 0 Å². The highest BCUT2D eigenvalue weighted by Crippen LogP contribution is 2.17. The van der Waals surface area contributed by atoms with Gasteiger partial charge in [-0.3, -0.25) is 4.79 Å². The maximum atomic E-state index is 13.1. The lowest BCUT2D eigenvalue weighted by Crippen LogP contribution is -2.06. The van der Waals surface area contributed by atoms with Gasteiger partial charge >= 0.3 is 0 Å². The van der Waals surface area contributed by atoms with Crippen molar-refractivity contribution >= 4 is 27.4 Å². The molecule has 0 unspecified atom stereocenters. The fourth-order valence-electron chi connectivity index (χ4n) is 1.75. The average molecular weight is 352 g/mol. The number of benzene rings is 2. The van der Waals surface area contributed by atoms with Gasteiger partial charge in [0.2, 0.25) is 0 Å². The van der Waals surface area contributed by atoms with Crippen LogP contribution in [0.2, 0.25) is 0 Å². The van der Waals surface area contributed by atoms with E-state index < -0.39 is 11.6 Å². The third kappa shape index (κ3) is 4.23. The number of allylic oxidation sites excluding steroid dienone is 1. The first kappa shape index (κ1) is 15.4. The minimum atomic E-state index is -0.952. The highest BCUT2D eigenvalue weighted by molar-refractivity contribution is 9.10. The third-order valence-electron chi connectivity index (χ3n) is 2.78. The number of Topliss-reactive ketones (excluding diaryl/α,β-unsaturated/α-hetero) is 1. The molecule has 0 aliphatic rings. The van der Waals surface area contributed by atoms with Gasteiger partial charge in [-0.25, -0.2) is 8.78 Å². The number of anilines is 1. The van der Waals surface area contributed by atoms with Crippen molar-refractivity contribution in [1.29, 1.82) is 0 Å². The van der Waals surface area contributed by atoms with Gasteiger partial charge in [0.1, 0.15) is 0 Å². The molecule has 0 radical (unpaired) electrons. The van der Waals surface area contributed by atoms with Crippen molar-refractivity contribution < 1.29 is 13.6 Å². The van der Waals surface area contributed by atoms with Crippen molar-refractivity contribution in [1.82, 2.24) is 0 Å². The number of carbonyl (C=O) groups is 1. The Kier molecular flexibility index (Phi) is 4.85. The molecule has 2 aromatic carbocycles. The standard InChI is InChI=1S/C16H12BrF2NO/c1-10(20-13-6-7-14(18)15(19)9-13)8-16(21)11-2-4-12(17)5-3-11/h2-7,9,20H,1,8H2. The molecule has 0 amide bonds.